The van der Waals surface area contributed by atoms with Crippen molar-refractivity contribution in [1.82, 2.24) is 19.1 Å². The first kappa shape index (κ1) is 19.3. The van der Waals surface area contributed by atoms with Crippen molar-refractivity contribution in [2.24, 2.45) is 12.0 Å². The van der Waals surface area contributed by atoms with Gasteiger partial charge < -0.3 is 14.8 Å². The molecule has 1 aromatic rings. The predicted octanol–water partition coefficient (Wildman–Crippen LogP) is 1.22. The number of hydrogen-bond acceptors (Lipinski definition) is 3. The topological polar surface area (TPSA) is 69.9 Å². The van der Waals surface area contributed by atoms with Gasteiger partial charge in [0.05, 0.1) is 12.8 Å². The van der Waals surface area contributed by atoms with Gasteiger partial charge in [0.2, 0.25) is 10.0 Å². The molecule has 1 aliphatic rings. The Morgan fingerprint density at radius 3 is 2.79 bits per heavy atom. The van der Waals surface area contributed by atoms with E-state index in [1.54, 1.807) is 11.4 Å². The van der Waals surface area contributed by atoms with E-state index in [0.717, 1.165) is 29.0 Å². The van der Waals surface area contributed by atoms with Crippen molar-refractivity contribution in [2.45, 2.75) is 25.4 Å². The maximum atomic E-state index is 11.8. The quantitative estimate of drug-likeness (QED) is 0.575. The van der Waals surface area contributed by atoms with Gasteiger partial charge in [-0.25, -0.2) is 8.42 Å². The molecule has 0 amide bonds. The van der Waals surface area contributed by atoms with E-state index < -0.39 is 10.0 Å². The number of nitrogens with one attached hydrogen (secondary N) is 1. The molecule has 1 atom stereocenters. The van der Waals surface area contributed by atoms with Crippen LogP contribution in [-0.2, 0) is 23.6 Å². The lowest BCUT2D eigenvalue weighted by molar-refractivity contribution is 0.379. The van der Waals surface area contributed by atoms with Gasteiger partial charge in [0.1, 0.15) is 0 Å². The molecule has 24 heavy (non-hydrogen) atoms. The lowest BCUT2D eigenvalue weighted by atomic mass is 10.2. The average Bonchev–Trinajstić information content (AvgIpc) is 3.06. The number of aryl methyl sites for hydroxylation is 1. The van der Waals surface area contributed by atoms with Crippen LogP contribution in [0.3, 0.4) is 0 Å². The number of rotatable bonds is 5. The van der Waals surface area contributed by atoms with Crippen molar-refractivity contribution in [2.75, 3.05) is 33.4 Å². The molecular weight excluding hydrogens is 394 g/mol. The molecule has 0 aliphatic carbocycles. The fourth-order valence-electron chi connectivity index (χ4n) is 3.08. The van der Waals surface area contributed by atoms with Gasteiger partial charge in [0, 0.05) is 56.6 Å². The minimum Gasteiger partial charge on any atom is -0.355 e. The highest BCUT2D eigenvalue weighted by Gasteiger charge is 2.31. The summed E-state index contributed by atoms with van der Waals surface area (Å²) in [5, 5.41) is 3.31. The van der Waals surface area contributed by atoms with Crippen LogP contribution in [0.2, 0.25) is 0 Å². The van der Waals surface area contributed by atoms with Crippen molar-refractivity contribution >= 4 is 31.9 Å². The Hall–Kier alpha value is -1.06. The predicted molar refractivity (Wildman–Crippen MR) is 101 cm³/mol. The molecule has 0 spiro atoms. The van der Waals surface area contributed by atoms with E-state index in [0.29, 0.717) is 19.6 Å². The van der Waals surface area contributed by atoms with Crippen LogP contribution >= 0.6 is 15.9 Å². The van der Waals surface area contributed by atoms with Gasteiger partial charge in [0.25, 0.3) is 0 Å². The van der Waals surface area contributed by atoms with Gasteiger partial charge in [-0.15, -0.1) is 0 Å². The lowest BCUT2D eigenvalue weighted by Gasteiger charge is -2.26. The summed E-state index contributed by atoms with van der Waals surface area (Å²) in [7, 11) is 2.57. The van der Waals surface area contributed by atoms with Gasteiger partial charge in [-0.3, -0.25) is 4.99 Å². The zero-order chi connectivity index (χ0) is 17.9. The zero-order valence-corrected chi connectivity index (χ0v) is 17.1. The van der Waals surface area contributed by atoms with Gasteiger partial charge in [-0.1, -0.05) is 0 Å². The third-order valence-corrected chi connectivity index (χ3v) is 6.06. The van der Waals surface area contributed by atoms with Crippen LogP contribution in [0, 0.1) is 0 Å². The molecule has 1 aromatic heterocycles. The average molecular weight is 420 g/mol. The second-order valence-electron chi connectivity index (χ2n) is 6.21. The van der Waals surface area contributed by atoms with E-state index in [4.69, 9.17) is 0 Å². The van der Waals surface area contributed by atoms with Gasteiger partial charge in [-0.05, 0) is 34.8 Å². The standard InChI is InChI=1S/C15H26BrN5O2S/c1-17-15(20(3)11-14-8-12(16)10-19(14)2)18-9-13-6-5-7-21(13)24(4,22)23/h8,10,13H,5-7,9,11H2,1-4H3,(H,17,18)/t13-/m1/s1. The maximum absolute atomic E-state index is 11.8. The Kier molecular flexibility index (Phi) is 6.33. The Morgan fingerprint density at radius 2 is 2.25 bits per heavy atom. The molecule has 0 unspecified atom stereocenters. The molecule has 1 saturated heterocycles. The molecule has 0 aromatic carbocycles. The first-order valence-corrected chi connectivity index (χ1v) is 10.6. The molecule has 0 saturated carbocycles. The van der Waals surface area contributed by atoms with E-state index in [-0.39, 0.29) is 6.04 Å². The Bertz CT molecular complexity index is 701. The summed E-state index contributed by atoms with van der Waals surface area (Å²) in [6, 6.07) is 2.07. The summed E-state index contributed by atoms with van der Waals surface area (Å²) in [6.45, 7) is 1.89. The lowest BCUT2D eigenvalue weighted by Crippen LogP contribution is -2.46. The summed E-state index contributed by atoms with van der Waals surface area (Å²) in [5.41, 5.74) is 1.16. The number of aliphatic imine (C=N–C) groups is 1. The molecule has 2 rings (SSSR count). The van der Waals surface area contributed by atoms with Crippen molar-refractivity contribution < 1.29 is 8.42 Å². The molecule has 0 radical (unpaired) electrons. The Morgan fingerprint density at radius 1 is 1.54 bits per heavy atom. The molecule has 9 heteroatoms. The molecule has 2 heterocycles. The monoisotopic (exact) mass is 419 g/mol. The molecule has 7 nitrogen and oxygen atoms in total. The largest absolute Gasteiger partial charge is 0.355 e. The van der Waals surface area contributed by atoms with Crippen molar-refractivity contribution in [3.05, 3.63) is 22.4 Å². The number of nitrogens with zero attached hydrogens (tertiary/aromatic N) is 4. The smallest absolute Gasteiger partial charge is 0.211 e. The maximum Gasteiger partial charge on any atom is 0.211 e. The number of aromatic nitrogens is 1. The minimum atomic E-state index is -3.15. The molecule has 0 bridgehead atoms. The van der Waals surface area contributed by atoms with Crippen LogP contribution in [0.5, 0.6) is 0 Å². The highest BCUT2D eigenvalue weighted by molar-refractivity contribution is 9.10. The van der Waals surface area contributed by atoms with Crippen molar-refractivity contribution in [3.8, 4) is 0 Å². The molecule has 1 fully saturated rings. The van der Waals surface area contributed by atoms with Crippen LogP contribution in [0.4, 0.5) is 0 Å². The van der Waals surface area contributed by atoms with E-state index in [1.165, 1.54) is 6.26 Å². The van der Waals surface area contributed by atoms with E-state index in [9.17, 15) is 8.42 Å². The van der Waals surface area contributed by atoms with Crippen LogP contribution in [0.15, 0.2) is 21.7 Å². The first-order chi connectivity index (χ1) is 11.2. The molecule has 1 N–H and O–H groups in total. The second-order valence-corrected chi connectivity index (χ2v) is 9.07. The normalized spacial score (nSPS) is 19.7. The SMILES string of the molecule is CN=C(NC[C@H]1CCCN1S(C)(=O)=O)N(C)Cc1cc(Br)cn1C. The summed E-state index contributed by atoms with van der Waals surface area (Å²) < 4.78 is 28.3. The Labute approximate surface area is 152 Å². The molecule has 1 aliphatic heterocycles. The van der Waals surface area contributed by atoms with Gasteiger partial charge in [-0.2, -0.15) is 4.31 Å². The molecular formula is C15H26BrN5O2S. The molecule has 136 valence electrons. The number of halogens is 1. The van der Waals surface area contributed by atoms with Gasteiger partial charge in [0.15, 0.2) is 5.96 Å². The zero-order valence-electron chi connectivity index (χ0n) is 14.7. The van der Waals surface area contributed by atoms with Crippen LogP contribution in [-0.4, -0.2) is 67.6 Å². The second kappa shape index (κ2) is 7.88. The third-order valence-electron chi connectivity index (χ3n) is 4.29. The summed E-state index contributed by atoms with van der Waals surface area (Å²) in [5.74, 6) is 0.757. The van der Waals surface area contributed by atoms with E-state index >= 15 is 0 Å². The van der Waals surface area contributed by atoms with Crippen molar-refractivity contribution in [1.29, 1.82) is 0 Å². The summed E-state index contributed by atoms with van der Waals surface area (Å²) in [4.78, 5) is 6.34. The van der Waals surface area contributed by atoms with E-state index in [2.05, 4.69) is 36.9 Å². The Balaban J connectivity index is 1.96. The first-order valence-electron chi connectivity index (χ1n) is 7.91. The number of hydrogen-bond donors (Lipinski definition) is 1. The van der Waals surface area contributed by atoms with Crippen molar-refractivity contribution in [3.63, 3.8) is 0 Å². The summed E-state index contributed by atoms with van der Waals surface area (Å²) >= 11 is 3.48. The number of guanidine groups is 1. The highest BCUT2D eigenvalue weighted by atomic mass is 79.9. The highest BCUT2D eigenvalue weighted by Crippen LogP contribution is 2.19. The van der Waals surface area contributed by atoms with Crippen LogP contribution in [0.25, 0.3) is 0 Å². The minimum absolute atomic E-state index is 0.00525. The number of sulfonamides is 1. The van der Waals surface area contributed by atoms with Crippen LogP contribution < -0.4 is 5.32 Å². The van der Waals surface area contributed by atoms with E-state index in [1.807, 2.05) is 25.2 Å². The van der Waals surface area contributed by atoms with Gasteiger partial charge >= 0.3 is 0 Å². The fraction of sp³-hybridized carbons (Fsp3) is 0.667. The summed E-state index contributed by atoms with van der Waals surface area (Å²) in [6.07, 6.45) is 5.08. The van der Waals surface area contributed by atoms with Crippen LogP contribution in [0.1, 0.15) is 18.5 Å². The third kappa shape index (κ3) is 4.73. The fourth-order valence-corrected chi connectivity index (χ4v) is 4.84.